The largest absolute Gasteiger partial charge is 0.485 e. The minimum atomic E-state index is -0.768. The summed E-state index contributed by atoms with van der Waals surface area (Å²) >= 11 is 1.59. The monoisotopic (exact) mass is 430 g/mol. The Morgan fingerprint density at radius 2 is 1.90 bits per heavy atom. The van der Waals surface area contributed by atoms with Gasteiger partial charge in [0.2, 0.25) is 6.10 Å². The molecule has 1 aliphatic rings. The molecule has 1 unspecified atom stereocenters. The molecule has 31 heavy (non-hydrogen) atoms. The van der Waals surface area contributed by atoms with Crippen LogP contribution in [0.3, 0.4) is 0 Å². The summed E-state index contributed by atoms with van der Waals surface area (Å²) < 4.78 is 13.1. The fourth-order valence-electron chi connectivity index (χ4n) is 3.19. The maximum Gasteiger partial charge on any atom is 0.284 e. The van der Waals surface area contributed by atoms with Crippen LogP contribution in [0.5, 0.6) is 11.5 Å². The van der Waals surface area contributed by atoms with Crippen LogP contribution in [0.1, 0.15) is 5.56 Å². The van der Waals surface area contributed by atoms with E-state index < -0.39 is 6.10 Å². The number of nitrogens with zero attached hydrogens (tertiary/aromatic N) is 3. The summed E-state index contributed by atoms with van der Waals surface area (Å²) in [6.45, 7) is 0.130. The number of thiophene rings is 1. The van der Waals surface area contributed by atoms with Gasteiger partial charge < -0.3 is 9.47 Å². The Morgan fingerprint density at radius 3 is 2.71 bits per heavy atom. The summed E-state index contributed by atoms with van der Waals surface area (Å²) in [4.78, 5) is 13.5. The highest BCUT2D eigenvalue weighted by molar-refractivity contribution is 7.13. The van der Waals surface area contributed by atoms with Crippen LogP contribution in [-0.2, 0) is 4.79 Å². The van der Waals surface area contributed by atoms with Crippen LogP contribution in [-0.4, -0.2) is 34.6 Å². The van der Waals surface area contributed by atoms with Crippen molar-refractivity contribution in [2.75, 3.05) is 6.61 Å². The molecular formula is C23H18N4O3S. The summed E-state index contributed by atoms with van der Waals surface area (Å²) in [5, 5.41) is 10.9. The number of hydrogen-bond donors (Lipinski definition) is 1. The quantitative estimate of drug-likeness (QED) is 0.385. The first-order chi connectivity index (χ1) is 15.3. The zero-order valence-electron chi connectivity index (χ0n) is 16.3. The molecule has 2 aromatic carbocycles. The molecule has 0 saturated heterocycles. The smallest absolute Gasteiger partial charge is 0.284 e. The molecule has 154 valence electrons. The lowest BCUT2D eigenvalue weighted by atomic mass is 10.2. The Kier molecular flexibility index (Phi) is 5.20. The first-order valence-electron chi connectivity index (χ1n) is 9.68. The van der Waals surface area contributed by atoms with Crippen LogP contribution in [0.15, 0.2) is 83.4 Å². The second-order valence-electron chi connectivity index (χ2n) is 6.79. The summed E-state index contributed by atoms with van der Waals surface area (Å²) in [6.07, 6.45) is 2.71. The van der Waals surface area contributed by atoms with Gasteiger partial charge in [-0.05, 0) is 35.7 Å². The minimum absolute atomic E-state index is 0.130. The van der Waals surface area contributed by atoms with Crippen molar-refractivity contribution in [3.05, 3.63) is 83.9 Å². The number of ether oxygens (including phenoxy) is 2. The van der Waals surface area contributed by atoms with Crippen LogP contribution >= 0.6 is 11.3 Å². The second kappa shape index (κ2) is 8.45. The van der Waals surface area contributed by atoms with E-state index in [4.69, 9.17) is 14.6 Å². The van der Waals surface area contributed by atoms with Gasteiger partial charge in [0.1, 0.15) is 12.3 Å². The Morgan fingerprint density at radius 1 is 1.10 bits per heavy atom. The highest BCUT2D eigenvalue weighted by Gasteiger charge is 2.27. The van der Waals surface area contributed by atoms with E-state index in [1.54, 1.807) is 34.4 Å². The number of hydrazone groups is 1. The molecule has 1 atom stereocenters. The molecule has 5 rings (SSSR count). The number of fused-ring (bicyclic) bond motifs is 1. The molecule has 1 aliphatic heterocycles. The third-order valence-electron chi connectivity index (χ3n) is 4.70. The molecule has 0 bridgehead atoms. The number of carbonyl (C=O) groups excluding carboxylic acids is 1. The van der Waals surface area contributed by atoms with Gasteiger partial charge in [-0.3, -0.25) is 4.79 Å². The molecule has 1 amide bonds. The minimum Gasteiger partial charge on any atom is -0.485 e. The number of benzene rings is 2. The molecular weight excluding hydrogens is 412 g/mol. The molecule has 7 nitrogen and oxygen atoms in total. The molecule has 0 aliphatic carbocycles. The Labute approximate surface area is 182 Å². The fraction of sp³-hybridized carbons (Fsp3) is 0.0870. The molecule has 0 fully saturated rings. The van der Waals surface area contributed by atoms with Crippen molar-refractivity contribution in [1.82, 2.24) is 15.2 Å². The molecule has 3 heterocycles. The van der Waals surface area contributed by atoms with Gasteiger partial charge in [-0.15, -0.1) is 11.3 Å². The van der Waals surface area contributed by atoms with Crippen LogP contribution in [0.4, 0.5) is 0 Å². The van der Waals surface area contributed by atoms with E-state index in [2.05, 4.69) is 10.5 Å². The topological polar surface area (TPSA) is 77.7 Å². The van der Waals surface area contributed by atoms with Gasteiger partial charge in [-0.25, -0.2) is 10.1 Å². The predicted octanol–water partition coefficient (Wildman–Crippen LogP) is 3.89. The fourth-order valence-corrected chi connectivity index (χ4v) is 3.92. The summed E-state index contributed by atoms with van der Waals surface area (Å²) in [6, 6.07) is 21.1. The molecule has 8 heteroatoms. The van der Waals surface area contributed by atoms with E-state index in [1.165, 1.54) is 0 Å². The lowest BCUT2D eigenvalue weighted by Crippen LogP contribution is -2.42. The van der Waals surface area contributed by atoms with Gasteiger partial charge in [-0.2, -0.15) is 10.2 Å². The summed E-state index contributed by atoms with van der Waals surface area (Å²) in [5.74, 6) is 0.796. The first-order valence-corrected chi connectivity index (χ1v) is 10.6. The lowest BCUT2D eigenvalue weighted by molar-refractivity contribution is -0.130. The average Bonchev–Trinajstić information content (AvgIpc) is 3.49. The van der Waals surface area contributed by atoms with Crippen molar-refractivity contribution in [3.8, 4) is 27.8 Å². The number of amides is 1. The second-order valence-corrected chi connectivity index (χ2v) is 7.74. The van der Waals surface area contributed by atoms with E-state index in [1.807, 2.05) is 66.2 Å². The van der Waals surface area contributed by atoms with Crippen LogP contribution < -0.4 is 14.9 Å². The first kappa shape index (κ1) is 19.1. The van der Waals surface area contributed by atoms with E-state index in [9.17, 15) is 4.79 Å². The standard InChI is InChI=1S/C23H18N4O3S/c28-23(20-15-29-18-9-4-5-10-19(18)30-20)25-24-13-16-14-27(17-7-2-1-3-8-17)26-22(16)21-11-6-12-31-21/h1-14,20H,15H2,(H,25,28). The van der Waals surface area contributed by atoms with Gasteiger partial charge in [0.05, 0.1) is 16.8 Å². The number of aromatic nitrogens is 2. The molecule has 0 spiro atoms. The van der Waals surface area contributed by atoms with Crippen LogP contribution in [0, 0.1) is 0 Å². The Bertz CT molecular complexity index is 1220. The number of carbonyl (C=O) groups is 1. The van der Waals surface area contributed by atoms with Crippen LogP contribution in [0.25, 0.3) is 16.3 Å². The van der Waals surface area contributed by atoms with E-state index in [0.29, 0.717) is 11.5 Å². The Balaban J connectivity index is 1.33. The Hall–Kier alpha value is -3.91. The molecule has 4 aromatic rings. The normalized spacial score (nSPS) is 15.2. The van der Waals surface area contributed by atoms with Crippen LogP contribution in [0.2, 0.25) is 0 Å². The third-order valence-corrected chi connectivity index (χ3v) is 5.57. The van der Waals surface area contributed by atoms with Crippen molar-refractivity contribution in [1.29, 1.82) is 0 Å². The summed E-state index contributed by atoms with van der Waals surface area (Å²) in [7, 11) is 0. The average molecular weight is 430 g/mol. The zero-order valence-corrected chi connectivity index (χ0v) is 17.2. The molecule has 0 saturated carbocycles. The van der Waals surface area contributed by atoms with E-state index >= 15 is 0 Å². The van der Waals surface area contributed by atoms with Crippen molar-refractivity contribution >= 4 is 23.5 Å². The number of hydrogen-bond acceptors (Lipinski definition) is 6. The van der Waals surface area contributed by atoms with Crippen molar-refractivity contribution in [2.24, 2.45) is 5.10 Å². The molecule has 1 N–H and O–H groups in total. The predicted molar refractivity (Wildman–Crippen MR) is 119 cm³/mol. The van der Waals surface area contributed by atoms with Gasteiger partial charge in [0, 0.05) is 11.8 Å². The maximum atomic E-state index is 12.5. The van der Waals surface area contributed by atoms with Gasteiger partial charge in [-0.1, -0.05) is 36.4 Å². The van der Waals surface area contributed by atoms with Gasteiger partial charge >= 0.3 is 0 Å². The van der Waals surface area contributed by atoms with Crippen molar-refractivity contribution in [2.45, 2.75) is 6.10 Å². The third kappa shape index (κ3) is 4.06. The number of para-hydroxylation sites is 3. The number of nitrogens with one attached hydrogen (secondary N) is 1. The van der Waals surface area contributed by atoms with Gasteiger partial charge in [0.15, 0.2) is 11.5 Å². The number of rotatable bonds is 5. The molecule has 0 radical (unpaired) electrons. The summed E-state index contributed by atoms with van der Waals surface area (Å²) in [5.41, 5.74) is 5.07. The molecule has 2 aromatic heterocycles. The van der Waals surface area contributed by atoms with Crippen molar-refractivity contribution in [3.63, 3.8) is 0 Å². The highest BCUT2D eigenvalue weighted by atomic mass is 32.1. The lowest BCUT2D eigenvalue weighted by Gasteiger charge is -2.24. The van der Waals surface area contributed by atoms with E-state index in [-0.39, 0.29) is 12.5 Å². The zero-order chi connectivity index (χ0) is 21.0. The highest BCUT2D eigenvalue weighted by Crippen LogP contribution is 2.31. The van der Waals surface area contributed by atoms with Crippen molar-refractivity contribution < 1.29 is 14.3 Å². The van der Waals surface area contributed by atoms with Gasteiger partial charge in [0.25, 0.3) is 5.91 Å². The maximum absolute atomic E-state index is 12.5. The van der Waals surface area contributed by atoms with E-state index in [0.717, 1.165) is 21.8 Å². The SMILES string of the molecule is O=C(NN=Cc1cn(-c2ccccc2)nc1-c1cccs1)C1COc2ccccc2O1.